The van der Waals surface area contributed by atoms with Crippen LogP contribution in [0.2, 0.25) is 0 Å². The number of aliphatic carboxylic acids is 1. The summed E-state index contributed by atoms with van der Waals surface area (Å²) in [5.74, 6) is -0.833. The summed E-state index contributed by atoms with van der Waals surface area (Å²) in [5.41, 5.74) is 2.09. The minimum absolute atomic E-state index is 0.615. The molecule has 0 saturated carbocycles. The third-order valence-corrected chi connectivity index (χ3v) is 4.65. The summed E-state index contributed by atoms with van der Waals surface area (Å²) in [6.07, 6.45) is 0. The topological polar surface area (TPSA) is 50.4 Å². The van der Waals surface area contributed by atoms with Gasteiger partial charge in [-0.15, -0.1) is 0 Å². The summed E-state index contributed by atoms with van der Waals surface area (Å²) in [7, 11) is 0. The van der Waals surface area contributed by atoms with Gasteiger partial charge in [-0.3, -0.25) is 4.79 Å². The van der Waals surface area contributed by atoms with Crippen LogP contribution in [-0.2, 0) is 30.9 Å². The van der Waals surface area contributed by atoms with Crippen LogP contribution in [0.5, 0.6) is 0 Å². The van der Waals surface area contributed by atoms with Gasteiger partial charge in [0.15, 0.2) is 0 Å². The van der Waals surface area contributed by atoms with Crippen molar-refractivity contribution in [3.8, 4) is 0 Å². The third-order valence-electron chi connectivity index (χ3n) is 2.49. The molecule has 3 aromatic rings. The van der Waals surface area contributed by atoms with Crippen molar-refractivity contribution < 1.29 is 40.4 Å². The fraction of sp³-hybridized carbons (Fsp3) is 0.0714. The van der Waals surface area contributed by atoms with Gasteiger partial charge in [-0.2, -0.15) is 0 Å². The number of carboxylic acids is 1. The quantitative estimate of drug-likeness (QED) is 0.561. The van der Waals surface area contributed by atoms with E-state index in [9.17, 15) is 0 Å². The van der Waals surface area contributed by atoms with E-state index < -0.39 is 5.97 Å². The van der Waals surface area contributed by atoms with Crippen LogP contribution in [0.15, 0.2) is 46.9 Å². The second-order valence-electron chi connectivity index (χ2n) is 3.91. The summed E-state index contributed by atoms with van der Waals surface area (Å²) in [6.45, 7) is 1.08. The first kappa shape index (κ1) is 13.1. The molecule has 0 aliphatic rings. The summed E-state index contributed by atoms with van der Waals surface area (Å²) in [4.78, 5) is 9.00. The summed E-state index contributed by atoms with van der Waals surface area (Å²) >= 11 is 0.615. The van der Waals surface area contributed by atoms with Gasteiger partial charge >= 0.3 is 98.0 Å². The summed E-state index contributed by atoms with van der Waals surface area (Å²) in [6, 6.07) is 14.6. The minimum atomic E-state index is -0.833. The second kappa shape index (κ2) is 5.52. The van der Waals surface area contributed by atoms with Crippen LogP contribution >= 0.6 is 0 Å². The Kier molecular flexibility index (Phi) is 4.02. The number of benzene rings is 2. The first-order valence-corrected chi connectivity index (χ1v) is 8.26. The molecule has 0 spiro atoms. The van der Waals surface area contributed by atoms with E-state index in [1.54, 1.807) is 0 Å². The van der Waals surface area contributed by atoms with Crippen LogP contribution in [0, 0.1) is 0 Å². The van der Waals surface area contributed by atoms with Gasteiger partial charge in [0.2, 0.25) is 0 Å². The Bertz CT molecular complexity index is 696. The Balaban J connectivity index is 0.000000267. The molecule has 0 saturated heterocycles. The first-order valence-electron chi connectivity index (χ1n) is 5.51. The van der Waals surface area contributed by atoms with E-state index in [2.05, 4.69) is 30.3 Å². The van der Waals surface area contributed by atoms with Crippen molar-refractivity contribution in [2.75, 3.05) is 0 Å². The van der Waals surface area contributed by atoms with Gasteiger partial charge in [0.25, 0.3) is 5.97 Å². The molecule has 0 radical (unpaired) electrons. The Morgan fingerprint density at radius 3 is 2.44 bits per heavy atom. The zero-order chi connectivity index (χ0) is 13.1. The molecule has 87 valence electrons. The fourth-order valence-corrected chi connectivity index (χ4v) is 3.36. The third kappa shape index (κ3) is 2.72. The molecular weight excluding hydrogens is 417 g/mol. The molecule has 18 heavy (non-hydrogen) atoms. The van der Waals surface area contributed by atoms with E-state index in [-0.39, 0.29) is 0 Å². The van der Waals surface area contributed by atoms with Gasteiger partial charge in [-0.05, 0) is 0 Å². The second-order valence-corrected chi connectivity index (χ2v) is 6.87. The van der Waals surface area contributed by atoms with Crippen LogP contribution in [0.25, 0.3) is 21.9 Å². The SMILES string of the molecule is CC(=O)O.[Hg][c]1cccc2c1oc1ccccc12. The summed E-state index contributed by atoms with van der Waals surface area (Å²) < 4.78 is 7.22. The van der Waals surface area contributed by atoms with E-state index >= 15 is 0 Å². The molecule has 1 aromatic heterocycles. The maximum atomic E-state index is 9.00. The molecule has 0 unspecified atom stereocenters. The van der Waals surface area contributed by atoms with E-state index in [1.165, 1.54) is 13.8 Å². The predicted octanol–water partition coefficient (Wildman–Crippen LogP) is 2.85. The van der Waals surface area contributed by atoms with Crippen LogP contribution < -0.4 is 3.07 Å². The van der Waals surface area contributed by atoms with Crippen molar-refractivity contribution >= 4 is 31.0 Å². The molecule has 0 fully saturated rings. The molecule has 0 aliphatic carbocycles. The van der Waals surface area contributed by atoms with Gasteiger partial charge < -0.3 is 5.11 Å². The van der Waals surface area contributed by atoms with Gasteiger partial charge in [0.05, 0.1) is 0 Å². The number of hydrogen-bond donors (Lipinski definition) is 1. The van der Waals surface area contributed by atoms with Crippen LogP contribution in [-0.4, -0.2) is 11.1 Å². The standard InChI is InChI=1S/C12H7O.C2H4O2.Hg/c1-3-7-11-9(5-1)10-6-2-4-8-12(10)13-11;1-2(3)4;/h1-7H;1H3,(H,3,4);. The molecular formula is C14H11HgO3. The van der Waals surface area contributed by atoms with Crippen molar-refractivity contribution in [2.45, 2.75) is 6.92 Å². The molecule has 0 aliphatic heterocycles. The molecule has 3 rings (SSSR count). The van der Waals surface area contributed by atoms with Crippen molar-refractivity contribution in [3.63, 3.8) is 0 Å². The van der Waals surface area contributed by atoms with E-state index in [1.807, 2.05) is 12.1 Å². The Labute approximate surface area is 120 Å². The van der Waals surface area contributed by atoms with Crippen molar-refractivity contribution in [1.29, 1.82) is 0 Å². The Hall–Kier alpha value is -1.35. The van der Waals surface area contributed by atoms with Gasteiger partial charge in [0, 0.05) is 6.92 Å². The molecule has 1 N–H and O–H groups in total. The Morgan fingerprint density at radius 1 is 1.11 bits per heavy atom. The maximum absolute atomic E-state index is 9.00. The van der Waals surface area contributed by atoms with E-state index in [0.29, 0.717) is 26.1 Å². The number of rotatable bonds is 0. The monoisotopic (exact) mass is 429 g/mol. The molecule has 4 heteroatoms. The van der Waals surface area contributed by atoms with E-state index in [0.717, 1.165) is 18.1 Å². The van der Waals surface area contributed by atoms with Crippen molar-refractivity contribution in [2.24, 2.45) is 0 Å². The first-order chi connectivity index (χ1) is 8.59. The predicted molar refractivity (Wildman–Crippen MR) is 66.7 cm³/mol. The number of fused-ring (bicyclic) bond motifs is 3. The Morgan fingerprint density at radius 2 is 1.72 bits per heavy atom. The zero-order valence-electron chi connectivity index (χ0n) is 10.0. The van der Waals surface area contributed by atoms with Crippen molar-refractivity contribution in [3.05, 3.63) is 42.5 Å². The number of furan rings is 1. The average Bonchev–Trinajstić information content (AvgIpc) is 2.69. The number of carbonyl (C=O) groups is 1. The summed E-state index contributed by atoms with van der Waals surface area (Å²) in [5, 5.41) is 9.91. The normalized spacial score (nSPS) is 10.2. The number of hydrogen-bond acceptors (Lipinski definition) is 2. The van der Waals surface area contributed by atoms with Gasteiger partial charge in [0.1, 0.15) is 0 Å². The molecule has 0 amide bonds. The molecule has 0 bridgehead atoms. The zero-order valence-corrected chi connectivity index (χ0v) is 15.5. The van der Waals surface area contributed by atoms with Gasteiger partial charge in [-0.25, -0.2) is 0 Å². The molecule has 1 heterocycles. The van der Waals surface area contributed by atoms with Crippen LogP contribution in [0.3, 0.4) is 0 Å². The van der Waals surface area contributed by atoms with E-state index in [4.69, 9.17) is 14.3 Å². The van der Waals surface area contributed by atoms with Crippen LogP contribution in [0.1, 0.15) is 6.92 Å². The molecule has 3 nitrogen and oxygen atoms in total. The van der Waals surface area contributed by atoms with Crippen LogP contribution in [0.4, 0.5) is 0 Å². The number of carboxylic acid groups (broad SMARTS) is 1. The fourth-order valence-electron chi connectivity index (χ4n) is 1.81. The number of para-hydroxylation sites is 2. The van der Waals surface area contributed by atoms with Crippen molar-refractivity contribution in [1.82, 2.24) is 0 Å². The molecule has 0 atom stereocenters. The van der Waals surface area contributed by atoms with Gasteiger partial charge in [-0.1, -0.05) is 0 Å². The average molecular weight is 428 g/mol. The molecule has 2 aromatic carbocycles.